The third kappa shape index (κ3) is 5.24. The second kappa shape index (κ2) is 9.82. The zero-order valence-corrected chi connectivity index (χ0v) is 17.5. The lowest BCUT2D eigenvalue weighted by atomic mass is 10.1. The van der Waals surface area contributed by atoms with Gasteiger partial charge in [0.05, 0.1) is 29.7 Å². The summed E-state index contributed by atoms with van der Waals surface area (Å²) in [7, 11) is 0. The molecule has 0 atom stereocenters. The van der Waals surface area contributed by atoms with Gasteiger partial charge in [0.25, 0.3) is 17.1 Å². The van der Waals surface area contributed by atoms with Gasteiger partial charge in [-0.15, -0.1) is 0 Å². The van der Waals surface area contributed by atoms with Crippen LogP contribution < -0.4 is 15.2 Å². The highest BCUT2D eigenvalue weighted by Gasteiger charge is 2.35. The van der Waals surface area contributed by atoms with Gasteiger partial charge in [0.15, 0.2) is 18.1 Å². The van der Waals surface area contributed by atoms with Crippen LogP contribution in [0.25, 0.3) is 6.08 Å². The Hall–Kier alpha value is -3.77. The zero-order valence-electron chi connectivity index (χ0n) is 16.7. The van der Waals surface area contributed by atoms with Crippen LogP contribution in [0.5, 0.6) is 11.5 Å². The number of benzene rings is 2. The molecule has 1 aliphatic heterocycles. The summed E-state index contributed by atoms with van der Waals surface area (Å²) in [4.78, 5) is 37.6. The Labute approximate surface area is 183 Å². The molecule has 2 N–H and O–H groups in total. The lowest BCUT2D eigenvalue weighted by Crippen LogP contribution is -2.27. The third-order valence-corrected chi connectivity index (χ3v) is 5.18. The number of nitrogens with zero attached hydrogens (tertiary/aromatic N) is 2. The van der Waals surface area contributed by atoms with Gasteiger partial charge in [-0.25, -0.2) is 0 Å². The quantitative estimate of drug-likeness (QED) is 0.630. The third-order valence-electron chi connectivity index (χ3n) is 4.28. The first-order valence-corrected chi connectivity index (χ1v) is 10.2. The van der Waals surface area contributed by atoms with E-state index >= 15 is 0 Å². The molecule has 31 heavy (non-hydrogen) atoms. The van der Waals surface area contributed by atoms with Gasteiger partial charge in [-0.05, 0) is 54.1 Å². The van der Waals surface area contributed by atoms with Crippen LogP contribution in [-0.2, 0) is 16.1 Å². The molecule has 1 aliphatic rings. The van der Waals surface area contributed by atoms with E-state index in [0.29, 0.717) is 34.8 Å². The number of thioether (sulfide) groups is 1. The highest BCUT2D eigenvalue weighted by molar-refractivity contribution is 8.18. The molecule has 2 aromatic rings. The van der Waals surface area contributed by atoms with Gasteiger partial charge in [0, 0.05) is 0 Å². The van der Waals surface area contributed by atoms with E-state index in [0.717, 1.165) is 16.7 Å². The van der Waals surface area contributed by atoms with Crippen LogP contribution in [-0.4, -0.2) is 35.2 Å². The fourth-order valence-corrected chi connectivity index (χ4v) is 3.71. The zero-order chi connectivity index (χ0) is 22.4. The number of ether oxygens (including phenoxy) is 2. The van der Waals surface area contributed by atoms with Crippen LogP contribution in [0.2, 0.25) is 0 Å². The van der Waals surface area contributed by atoms with Crippen molar-refractivity contribution >= 4 is 34.9 Å². The molecule has 1 fully saturated rings. The van der Waals surface area contributed by atoms with Crippen LogP contribution in [0.4, 0.5) is 4.79 Å². The molecule has 0 aliphatic carbocycles. The Morgan fingerprint density at radius 2 is 1.97 bits per heavy atom. The lowest BCUT2D eigenvalue weighted by Gasteiger charge is -2.13. The van der Waals surface area contributed by atoms with Gasteiger partial charge in [0.2, 0.25) is 0 Å². The van der Waals surface area contributed by atoms with Gasteiger partial charge in [-0.3, -0.25) is 19.3 Å². The van der Waals surface area contributed by atoms with E-state index in [9.17, 15) is 19.6 Å². The van der Waals surface area contributed by atoms with E-state index in [2.05, 4.69) is 6.07 Å². The lowest BCUT2D eigenvalue weighted by molar-refractivity contribution is -0.123. The molecule has 158 valence electrons. The van der Waals surface area contributed by atoms with Crippen molar-refractivity contribution in [2.45, 2.75) is 13.5 Å². The summed E-state index contributed by atoms with van der Waals surface area (Å²) in [5, 5.41) is 8.82. The molecule has 0 unspecified atom stereocenters. The normalized spacial score (nSPS) is 14.6. The highest BCUT2D eigenvalue weighted by Crippen LogP contribution is 2.35. The van der Waals surface area contributed by atoms with Crippen molar-refractivity contribution in [2.75, 3.05) is 13.2 Å². The number of nitriles is 1. The standard InChI is InChI=1S/C22H19N3O5S/c1-2-29-18-9-14(7-8-17(18)30-13-20(24)26)10-19-21(27)25(22(28)31-19)12-16-6-4-3-5-15(16)11-23/h3-10H,2,12-13H2,1H3,(H2,24,26)/b19-10+. The number of imide groups is 1. The number of rotatable bonds is 8. The topological polar surface area (TPSA) is 123 Å². The maximum atomic E-state index is 12.8. The minimum absolute atomic E-state index is 0.0236. The number of hydrogen-bond acceptors (Lipinski definition) is 7. The molecule has 0 radical (unpaired) electrons. The number of primary amides is 1. The Morgan fingerprint density at radius 3 is 2.68 bits per heavy atom. The molecule has 8 nitrogen and oxygen atoms in total. The molecule has 0 saturated carbocycles. The van der Waals surface area contributed by atoms with Crippen LogP contribution in [0, 0.1) is 11.3 Å². The van der Waals surface area contributed by atoms with Crippen molar-refractivity contribution < 1.29 is 23.9 Å². The first-order valence-electron chi connectivity index (χ1n) is 9.34. The van der Waals surface area contributed by atoms with Crippen LogP contribution in [0.1, 0.15) is 23.6 Å². The average Bonchev–Trinajstić information content (AvgIpc) is 3.01. The molecule has 0 spiro atoms. The van der Waals surface area contributed by atoms with E-state index < -0.39 is 17.1 Å². The van der Waals surface area contributed by atoms with Gasteiger partial charge in [0.1, 0.15) is 0 Å². The average molecular weight is 437 g/mol. The summed E-state index contributed by atoms with van der Waals surface area (Å²) in [5.74, 6) is -0.313. The Bertz CT molecular complexity index is 1110. The fraction of sp³-hybridized carbons (Fsp3) is 0.182. The van der Waals surface area contributed by atoms with Crippen LogP contribution >= 0.6 is 11.8 Å². The largest absolute Gasteiger partial charge is 0.490 e. The van der Waals surface area contributed by atoms with E-state index in [1.807, 2.05) is 0 Å². The molecule has 0 aromatic heterocycles. The van der Waals surface area contributed by atoms with Gasteiger partial charge >= 0.3 is 0 Å². The molecule has 3 amide bonds. The van der Waals surface area contributed by atoms with Crippen molar-refractivity contribution in [1.29, 1.82) is 5.26 Å². The molecular weight excluding hydrogens is 418 g/mol. The van der Waals surface area contributed by atoms with Gasteiger partial charge < -0.3 is 15.2 Å². The Kier molecular flexibility index (Phi) is 6.95. The maximum absolute atomic E-state index is 12.8. The summed E-state index contributed by atoms with van der Waals surface area (Å²) in [5.41, 5.74) is 6.75. The number of hydrogen-bond donors (Lipinski definition) is 1. The minimum atomic E-state index is -0.613. The molecule has 1 saturated heterocycles. The molecule has 3 rings (SSSR count). The van der Waals surface area contributed by atoms with Crippen molar-refractivity contribution in [3.05, 3.63) is 64.1 Å². The molecule has 1 heterocycles. The Balaban J connectivity index is 1.82. The number of nitrogens with two attached hydrogens (primary N) is 1. The summed E-state index contributed by atoms with van der Waals surface area (Å²) >= 11 is 0.829. The molecule has 0 bridgehead atoms. The fourth-order valence-electron chi connectivity index (χ4n) is 2.88. The smallest absolute Gasteiger partial charge is 0.293 e. The molecular formula is C22H19N3O5S. The van der Waals surface area contributed by atoms with E-state index in [1.165, 1.54) is 0 Å². The summed E-state index contributed by atoms with van der Waals surface area (Å²) in [6, 6.07) is 13.8. The van der Waals surface area contributed by atoms with Gasteiger partial charge in [-0.2, -0.15) is 5.26 Å². The first-order chi connectivity index (χ1) is 14.9. The number of carbonyl (C=O) groups excluding carboxylic acids is 3. The summed E-state index contributed by atoms with van der Waals surface area (Å²) < 4.78 is 10.9. The van der Waals surface area contributed by atoms with Crippen molar-refractivity contribution in [2.24, 2.45) is 5.73 Å². The number of carbonyl (C=O) groups is 3. The van der Waals surface area contributed by atoms with Gasteiger partial charge in [-0.1, -0.05) is 24.3 Å². The molecule has 2 aromatic carbocycles. The Morgan fingerprint density at radius 1 is 1.19 bits per heavy atom. The SMILES string of the molecule is CCOc1cc(/C=C2/SC(=O)N(Cc3ccccc3C#N)C2=O)ccc1OCC(N)=O. The minimum Gasteiger partial charge on any atom is -0.490 e. The second-order valence-corrected chi connectivity index (χ2v) is 7.42. The second-order valence-electron chi connectivity index (χ2n) is 6.43. The first kappa shape index (κ1) is 21.9. The summed E-state index contributed by atoms with van der Waals surface area (Å²) in [6.07, 6.45) is 1.58. The van der Waals surface area contributed by atoms with Crippen molar-refractivity contribution in [1.82, 2.24) is 4.90 Å². The van der Waals surface area contributed by atoms with E-state index in [1.54, 1.807) is 55.5 Å². The predicted octanol–water partition coefficient (Wildman–Crippen LogP) is 3.06. The summed E-state index contributed by atoms with van der Waals surface area (Å²) in [6.45, 7) is 1.90. The van der Waals surface area contributed by atoms with Crippen LogP contribution in [0.3, 0.4) is 0 Å². The van der Waals surface area contributed by atoms with Crippen molar-refractivity contribution in [3.8, 4) is 17.6 Å². The van der Waals surface area contributed by atoms with Crippen molar-refractivity contribution in [3.63, 3.8) is 0 Å². The van der Waals surface area contributed by atoms with Crippen LogP contribution in [0.15, 0.2) is 47.4 Å². The predicted molar refractivity (Wildman–Crippen MR) is 115 cm³/mol. The highest BCUT2D eigenvalue weighted by atomic mass is 32.2. The van der Waals surface area contributed by atoms with E-state index in [4.69, 9.17) is 15.2 Å². The van der Waals surface area contributed by atoms with E-state index in [-0.39, 0.29) is 18.1 Å². The molecule has 9 heteroatoms. The maximum Gasteiger partial charge on any atom is 0.293 e. The number of amides is 3. The monoisotopic (exact) mass is 437 g/mol.